The van der Waals surface area contributed by atoms with E-state index >= 15 is 0 Å². The fourth-order valence-electron chi connectivity index (χ4n) is 1.71. The number of hydrogen-bond acceptors (Lipinski definition) is 2. The van der Waals surface area contributed by atoms with Crippen LogP contribution in [0.5, 0.6) is 0 Å². The van der Waals surface area contributed by atoms with Gasteiger partial charge in [-0.2, -0.15) is 5.10 Å². The number of aromatic nitrogens is 2. The number of nitrogens with zero attached hydrogens (tertiary/aromatic N) is 2. The zero-order valence-electron chi connectivity index (χ0n) is 10.8. The molecule has 1 aromatic carbocycles. The summed E-state index contributed by atoms with van der Waals surface area (Å²) in [5.74, 6) is -0.0263. The van der Waals surface area contributed by atoms with E-state index in [-0.39, 0.29) is 5.91 Å². The topological polar surface area (TPSA) is 46.9 Å². The number of carbonyl (C=O) groups excluding carboxylic acids is 1. The molecule has 2 aromatic rings. The molecule has 0 unspecified atom stereocenters. The maximum Gasteiger partial charge on any atom is 0.251 e. The molecule has 1 N–H and O–H groups in total. The maximum absolute atomic E-state index is 11.8. The molecule has 0 aliphatic carbocycles. The molecule has 1 heterocycles. The van der Waals surface area contributed by atoms with Gasteiger partial charge in [0.1, 0.15) is 0 Å². The predicted octanol–water partition coefficient (Wildman–Crippen LogP) is 2.77. The van der Waals surface area contributed by atoms with Gasteiger partial charge in [-0.15, -0.1) is 0 Å². The summed E-state index contributed by atoms with van der Waals surface area (Å²) in [5.41, 5.74) is 1.85. The molecule has 1 amide bonds. The standard InChI is InChI=1S/C14H16BrN3O/c1-11-3-5-12(6-4-11)14(19)16-7-2-8-18-10-13(15)9-17-18/h3-6,9-10H,2,7-8H2,1H3,(H,16,19). The van der Waals surface area contributed by atoms with Gasteiger partial charge in [-0.1, -0.05) is 17.7 Å². The molecule has 0 aliphatic rings. The lowest BCUT2D eigenvalue weighted by Crippen LogP contribution is -2.25. The zero-order valence-corrected chi connectivity index (χ0v) is 12.4. The number of carbonyl (C=O) groups is 1. The van der Waals surface area contributed by atoms with Crippen LogP contribution in [-0.2, 0) is 6.54 Å². The van der Waals surface area contributed by atoms with Crippen LogP contribution in [0.25, 0.3) is 0 Å². The van der Waals surface area contributed by atoms with Crippen molar-refractivity contribution in [3.05, 3.63) is 52.3 Å². The largest absolute Gasteiger partial charge is 0.352 e. The Balaban J connectivity index is 1.73. The van der Waals surface area contributed by atoms with Gasteiger partial charge in [0.05, 0.1) is 10.7 Å². The molecule has 100 valence electrons. The van der Waals surface area contributed by atoms with Gasteiger partial charge in [0.2, 0.25) is 0 Å². The highest BCUT2D eigenvalue weighted by molar-refractivity contribution is 9.10. The molecule has 0 spiro atoms. The summed E-state index contributed by atoms with van der Waals surface area (Å²) in [6.45, 7) is 3.44. The van der Waals surface area contributed by atoms with Crippen LogP contribution in [0.4, 0.5) is 0 Å². The SMILES string of the molecule is Cc1ccc(C(=O)NCCCn2cc(Br)cn2)cc1. The van der Waals surface area contributed by atoms with Crippen molar-refractivity contribution in [3.8, 4) is 0 Å². The molecule has 0 saturated heterocycles. The van der Waals surface area contributed by atoms with Crippen molar-refractivity contribution >= 4 is 21.8 Å². The van der Waals surface area contributed by atoms with E-state index in [1.807, 2.05) is 42.1 Å². The van der Waals surface area contributed by atoms with Gasteiger partial charge in [0.15, 0.2) is 0 Å². The molecule has 4 nitrogen and oxygen atoms in total. The van der Waals surface area contributed by atoms with Gasteiger partial charge in [-0.05, 0) is 41.4 Å². The molecule has 0 fully saturated rings. The lowest BCUT2D eigenvalue weighted by molar-refractivity contribution is 0.0952. The fourth-order valence-corrected chi connectivity index (χ4v) is 2.04. The summed E-state index contributed by atoms with van der Waals surface area (Å²) in [6, 6.07) is 7.57. The van der Waals surface area contributed by atoms with Crippen LogP contribution < -0.4 is 5.32 Å². The first-order chi connectivity index (χ1) is 9.15. The smallest absolute Gasteiger partial charge is 0.251 e. The van der Waals surface area contributed by atoms with Gasteiger partial charge >= 0.3 is 0 Å². The van der Waals surface area contributed by atoms with Crippen LogP contribution in [0.1, 0.15) is 22.3 Å². The summed E-state index contributed by atoms with van der Waals surface area (Å²) >= 11 is 3.35. The van der Waals surface area contributed by atoms with E-state index in [1.165, 1.54) is 0 Å². The lowest BCUT2D eigenvalue weighted by Gasteiger charge is -2.05. The highest BCUT2D eigenvalue weighted by Crippen LogP contribution is 2.06. The van der Waals surface area contributed by atoms with Crippen LogP contribution in [0.15, 0.2) is 41.1 Å². The minimum Gasteiger partial charge on any atom is -0.352 e. The minimum absolute atomic E-state index is 0.0263. The first kappa shape index (κ1) is 13.8. The number of aryl methyl sites for hydroxylation is 2. The van der Waals surface area contributed by atoms with Crippen LogP contribution in [0.3, 0.4) is 0 Å². The predicted molar refractivity (Wildman–Crippen MR) is 78.1 cm³/mol. The monoisotopic (exact) mass is 321 g/mol. The fraction of sp³-hybridized carbons (Fsp3) is 0.286. The van der Waals surface area contributed by atoms with Crippen molar-refractivity contribution in [2.45, 2.75) is 19.9 Å². The molecule has 5 heteroatoms. The molecule has 0 atom stereocenters. The van der Waals surface area contributed by atoms with Crippen molar-refractivity contribution < 1.29 is 4.79 Å². The molecular weight excluding hydrogens is 306 g/mol. The Morgan fingerprint density at radius 2 is 2.11 bits per heavy atom. The third-order valence-corrected chi connectivity index (χ3v) is 3.17. The third kappa shape index (κ3) is 4.21. The van der Waals surface area contributed by atoms with Gasteiger partial charge in [-0.25, -0.2) is 0 Å². The number of hydrogen-bond donors (Lipinski definition) is 1. The highest BCUT2D eigenvalue weighted by atomic mass is 79.9. The number of nitrogens with one attached hydrogen (secondary N) is 1. The molecule has 0 aliphatic heterocycles. The second kappa shape index (κ2) is 6.52. The Bertz CT molecular complexity index is 548. The van der Waals surface area contributed by atoms with Crippen LogP contribution in [-0.4, -0.2) is 22.2 Å². The van der Waals surface area contributed by atoms with E-state index in [9.17, 15) is 4.79 Å². The average Bonchev–Trinajstić information content (AvgIpc) is 2.81. The quantitative estimate of drug-likeness (QED) is 0.861. The Morgan fingerprint density at radius 3 is 2.74 bits per heavy atom. The van der Waals surface area contributed by atoms with Crippen molar-refractivity contribution in [2.24, 2.45) is 0 Å². The number of benzene rings is 1. The van der Waals surface area contributed by atoms with E-state index < -0.39 is 0 Å². The molecule has 0 bridgehead atoms. The normalized spacial score (nSPS) is 10.4. The lowest BCUT2D eigenvalue weighted by atomic mass is 10.1. The van der Waals surface area contributed by atoms with Crippen molar-refractivity contribution in [3.63, 3.8) is 0 Å². The molecule has 2 rings (SSSR count). The number of amides is 1. The van der Waals surface area contributed by atoms with E-state index in [0.29, 0.717) is 12.1 Å². The van der Waals surface area contributed by atoms with E-state index in [2.05, 4.69) is 26.3 Å². The first-order valence-corrected chi connectivity index (χ1v) is 6.97. The van der Waals surface area contributed by atoms with Crippen LogP contribution in [0, 0.1) is 6.92 Å². The summed E-state index contributed by atoms with van der Waals surface area (Å²) in [7, 11) is 0. The summed E-state index contributed by atoms with van der Waals surface area (Å²) < 4.78 is 2.82. The van der Waals surface area contributed by atoms with E-state index in [4.69, 9.17) is 0 Å². The summed E-state index contributed by atoms with van der Waals surface area (Å²) in [5, 5.41) is 7.06. The highest BCUT2D eigenvalue weighted by Gasteiger charge is 2.03. The number of rotatable bonds is 5. The Kier molecular flexibility index (Phi) is 4.74. The van der Waals surface area contributed by atoms with Gasteiger partial charge in [-0.3, -0.25) is 9.48 Å². The summed E-state index contributed by atoms with van der Waals surface area (Å²) in [6.07, 6.45) is 4.53. The molecule has 0 radical (unpaired) electrons. The molecule has 19 heavy (non-hydrogen) atoms. The molecular formula is C14H16BrN3O. The maximum atomic E-state index is 11.8. The van der Waals surface area contributed by atoms with Crippen molar-refractivity contribution in [2.75, 3.05) is 6.54 Å². The van der Waals surface area contributed by atoms with E-state index in [0.717, 1.165) is 23.0 Å². The van der Waals surface area contributed by atoms with Crippen molar-refractivity contribution in [1.82, 2.24) is 15.1 Å². The van der Waals surface area contributed by atoms with Crippen LogP contribution >= 0.6 is 15.9 Å². The summed E-state index contributed by atoms with van der Waals surface area (Å²) in [4.78, 5) is 11.8. The molecule has 0 saturated carbocycles. The first-order valence-electron chi connectivity index (χ1n) is 6.18. The minimum atomic E-state index is -0.0263. The van der Waals surface area contributed by atoms with Crippen LogP contribution in [0.2, 0.25) is 0 Å². The van der Waals surface area contributed by atoms with Gasteiger partial charge in [0.25, 0.3) is 5.91 Å². The van der Waals surface area contributed by atoms with E-state index in [1.54, 1.807) is 6.20 Å². The molecule has 1 aromatic heterocycles. The second-order valence-electron chi connectivity index (χ2n) is 4.40. The Hall–Kier alpha value is -1.62. The van der Waals surface area contributed by atoms with Crippen molar-refractivity contribution in [1.29, 1.82) is 0 Å². The van der Waals surface area contributed by atoms with Gasteiger partial charge in [0, 0.05) is 24.8 Å². The second-order valence-corrected chi connectivity index (χ2v) is 5.31. The average molecular weight is 322 g/mol. The third-order valence-electron chi connectivity index (χ3n) is 2.77. The Morgan fingerprint density at radius 1 is 1.37 bits per heavy atom. The number of halogens is 1. The zero-order chi connectivity index (χ0) is 13.7. The Labute approximate surface area is 120 Å². The van der Waals surface area contributed by atoms with Gasteiger partial charge < -0.3 is 5.32 Å².